The van der Waals surface area contributed by atoms with Crippen molar-refractivity contribution in [3.63, 3.8) is 0 Å². The third-order valence-corrected chi connectivity index (χ3v) is 14.1. The van der Waals surface area contributed by atoms with Gasteiger partial charge < -0.3 is 13.6 Å². The highest BCUT2D eigenvalue weighted by molar-refractivity contribution is 6.26. The molecule has 0 bridgehead atoms. The van der Waals surface area contributed by atoms with Crippen molar-refractivity contribution in [3.05, 3.63) is 224 Å². The SMILES string of the molecule is c1ccc(-c2nc(-c3ccccc3)nc(-c3ccc4c5ccccc5c5ccc(-n6c7ccccc7c7cc(-n8c9ccccc9c9ccc%10c%11ccccc%11oc%10c98)ccc76)cc5c4c3)n2)cc1. The molecule has 0 unspecified atom stereocenters. The van der Waals surface area contributed by atoms with Gasteiger partial charge in [0.2, 0.25) is 0 Å². The summed E-state index contributed by atoms with van der Waals surface area (Å²) in [6.07, 6.45) is 0. The van der Waals surface area contributed by atoms with Gasteiger partial charge >= 0.3 is 0 Å². The summed E-state index contributed by atoms with van der Waals surface area (Å²) in [4.78, 5) is 15.2. The number of hydrogen-bond acceptors (Lipinski definition) is 4. The van der Waals surface area contributed by atoms with Crippen LogP contribution in [0.3, 0.4) is 0 Å². The molecule has 0 saturated heterocycles. The van der Waals surface area contributed by atoms with Gasteiger partial charge in [-0.2, -0.15) is 0 Å². The highest BCUT2D eigenvalue weighted by atomic mass is 16.3. The summed E-state index contributed by atoms with van der Waals surface area (Å²) >= 11 is 0. The van der Waals surface area contributed by atoms with E-state index in [1.54, 1.807) is 0 Å². The summed E-state index contributed by atoms with van der Waals surface area (Å²) in [7, 11) is 0. The van der Waals surface area contributed by atoms with Crippen LogP contribution in [0.15, 0.2) is 229 Å². The maximum absolute atomic E-state index is 6.71. The summed E-state index contributed by atoms with van der Waals surface area (Å²) in [5.74, 6) is 1.91. The number of aromatic nitrogens is 5. The van der Waals surface area contributed by atoms with Crippen molar-refractivity contribution < 1.29 is 4.42 Å². The van der Waals surface area contributed by atoms with Crippen LogP contribution in [-0.2, 0) is 0 Å². The molecular formula is C63H37N5O. The molecule has 4 heterocycles. The average Bonchev–Trinajstić information content (AvgIpc) is 4.09. The van der Waals surface area contributed by atoms with Crippen LogP contribution in [0.5, 0.6) is 0 Å². The Morgan fingerprint density at radius 2 is 0.725 bits per heavy atom. The zero-order valence-electron chi connectivity index (χ0n) is 37.0. The van der Waals surface area contributed by atoms with Gasteiger partial charge in [0.15, 0.2) is 23.1 Å². The van der Waals surface area contributed by atoms with Crippen molar-refractivity contribution in [3.8, 4) is 45.5 Å². The first kappa shape index (κ1) is 37.8. The lowest BCUT2D eigenvalue weighted by Crippen LogP contribution is -2.00. The van der Waals surface area contributed by atoms with Gasteiger partial charge in [0, 0.05) is 60.4 Å². The highest BCUT2D eigenvalue weighted by Gasteiger charge is 2.22. The van der Waals surface area contributed by atoms with E-state index in [9.17, 15) is 0 Å². The largest absolute Gasteiger partial charge is 0.454 e. The maximum atomic E-state index is 6.71. The number of rotatable bonds is 5. The second kappa shape index (κ2) is 14.6. The van der Waals surface area contributed by atoms with Crippen molar-refractivity contribution in [2.75, 3.05) is 0 Å². The Kier molecular flexibility index (Phi) is 7.97. The summed E-state index contributed by atoms with van der Waals surface area (Å²) in [6, 6.07) is 79.9. The van der Waals surface area contributed by atoms with Gasteiger partial charge in [-0.15, -0.1) is 0 Å². The van der Waals surface area contributed by atoms with Crippen LogP contribution in [-0.4, -0.2) is 24.1 Å². The van der Waals surface area contributed by atoms with Gasteiger partial charge in [0.05, 0.1) is 22.1 Å². The van der Waals surface area contributed by atoms with Crippen LogP contribution in [0.1, 0.15) is 0 Å². The zero-order chi connectivity index (χ0) is 45.2. The fourth-order valence-corrected chi connectivity index (χ4v) is 11.0. The lowest BCUT2D eigenvalue weighted by Gasteiger charge is -2.15. The molecule has 0 aliphatic heterocycles. The number of furan rings is 1. The molecule has 0 radical (unpaired) electrons. The fraction of sp³-hybridized carbons (Fsp3) is 0. The predicted molar refractivity (Wildman–Crippen MR) is 285 cm³/mol. The molecule has 11 aromatic carbocycles. The number of fused-ring (bicyclic) bond motifs is 16. The molecule has 15 rings (SSSR count). The lowest BCUT2D eigenvalue weighted by atomic mass is 9.93. The molecule has 320 valence electrons. The van der Waals surface area contributed by atoms with Crippen LogP contribution in [0.4, 0.5) is 0 Å². The van der Waals surface area contributed by atoms with E-state index in [0.29, 0.717) is 17.5 Å². The van der Waals surface area contributed by atoms with Gasteiger partial charge in [-0.3, -0.25) is 0 Å². The molecule has 4 aromatic heterocycles. The highest BCUT2D eigenvalue weighted by Crippen LogP contribution is 2.43. The van der Waals surface area contributed by atoms with E-state index in [4.69, 9.17) is 19.4 Å². The Hall–Kier alpha value is -9.39. The normalized spacial score (nSPS) is 12.1. The Morgan fingerprint density at radius 1 is 0.275 bits per heavy atom. The smallest absolute Gasteiger partial charge is 0.164 e. The van der Waals surface area contributed by atoms with Crippen molar-refractivity contribution in [2.24, 2.45) is 0 Å². The van der Waals surface area contributed by atoms with Crippen LogP contribution >= 0.6 is 0 Å². The maximum Gasteiger partial charge on any atom is 0.164 e. The number of benzene rings is 11. The van der Waals surface area contributed by atoms with E-state index in [1.807, 2.05) is 42.5 Å². The quantitative estimate of drug-likeness (QED) is 0.162. The number of nitrogens with zero attached hydrogens (tertiary/aromatic N) is 5. The third kappa shape index (κ3) is 5.63. The summed E-state index contributed by atoms with van der Waals surface area (Å²) in [5.41, 5.74) is 11.3. The van der Waals surface area contributed by atoms with Crippen LogP contribution in [0.2, 0.25) is 0 Å². The topological polar surface area (TPSA) is 61.7 Å². The molecular weight excluding hydrogens is 843 g/mol. The minimum atomic E-state index is 0.629. The van der Waals surface area contributed by atoms with E-state index < -0.39 is 0 Å². The molecule has 0 N–H and O–H groups in total. The van der Waals surface area contributed by atoms with Crippen molar-refractivity contribution in [1.29, 1.82) is 0 Å². The van der Waals surface area contributed by atoms with Crippen molar-refractivity contribution in [1.82, 2.24) is 24.1 Å². The zero-order valence-corrected chi connectivity index (χ0v) is 37.0. The Labute approximate surface area is 394 Å². The third-order valence-electron chi connectivity index (χ3n) is 14.1. The molecule has 15 aromatic rings. The second-order valence-corrected chi connectivity index (χ2v) is 17.9. The summed E-state index contributed by atoms with van der Waals surface area (Å²) in [6.45, 7) is 0. The average molecular weight is 880 g/mol. The van der Waals surface area contributed by atoms with Gasteiger partial charge in [-0.05, 0) is 93.0 Å². The lowest BCUT2D eigenvalue weighted by molar-refractivity contribution is 0.671. The Morgan fingerprint density at radius 3 is 1.42 bits per heavy atom. The fourth-order valence-electron chi connectivity index (χ4n) is 11.0. The van der Waals surface area contributed by atoms with E-state index >= 15 is 0 Å². The van der Waals surface area contributed by atoms with Gasteiger partial charge in [0.1, 0.15) is 5.58 Å². The standard InChI is InChI=1S/C63H37N5O/c1-3-15-38(16-4-1)61-64-62(39-17-5-2-6-18-39)66-63(65-61)40-27-30-45-43-19-7-8-20-44(43)46-31-28-41(36-53(46)52(45)35-40)67-55-24-12-10-22-48(55)54-37-42(29-34-57(54)67)68-56-25-13-9-21-47(56)50-32-33-51-49-23-11-14-26-58(49)69-60(51)59(50)68/h1-37H. The van der Waals surface area contributed by atoms with Crippen molar-refractivity contribution in [2.45, 2.75) is 0 Å². The molecule has 0 fully saturated rings. The molecule has 0 aliphatic rings. The first-order chi connectivity index (χ1) is 34.2. The molecule has 0 atom stereocenters. The first-order valence-corrected chi connectivity index (χ1v) is 23.3. The Bertz CT molecular complexity index is 4540. The van der Waals surface area contributed by atoms with Gasteiger partial charge in [-0.1, -0.05) is 164 Å². The molecule has 0 spiro atoms. The first-order valence-electron chi connectivity index (χ1n) is 23.3. The van der Waals surface area contributed by atoms with E-state index in [1.165, 1.54) is 43.1 Å². The van der Waals surface area contributed by atoms with Gasteiger partial charge in [0.25, 0.3) is 0 Å². The summed E-state index contributed by atoms with van der Waals surface area (Å²) < 4.78 is 11.5. The second-order valence-electron chi connectivity index (χ2n) is 17.9. The number of para-hydroxylation sites is 3. The molecule has 69 heavy (non-hydrogen) atoms. The monoisotopic (exact) mass is 879 g/mol. The van der Waals surface area contributed by atoms with Crippen LogP contribution in [0, 0.1) is 0 Å². The van der Waals surface area contributed by atoms with E-state index in [0.717, 1.165) is 82.8 Å². The van der Waals surface area contributed by atoms with Gasteiger partial charge in [-0.25, -0.2) is 15.0 Å². The van der Waals surface area contributed by atoms with Crippen molar-refractivity contribution >= 4 is 97.9 Å². The molecule has 0 amide bonds. The molecule has 6 heteroatoms. The molecule has 6 nitrogen and oxygen atoms in total. The van der Waals surface area contributed by atoms with Crippen LogP contribution in [0.25, 0.3) is 143 Å². The molecule has 0 saturated carbocycles. The van der Waals surface area contributed by atoms with E-state index in [2.05, 4.69) is 191 Å². The number of hydrogen-bond donors (Lipinski definition) is 0. The Balaban J connectivity index is 0.954. The van der Waals surface area contributed by atoms with Crippen LogP contribution < -0.4 is 0 Å². The minimum Gasteiger partial charge on any atom is -0.454 e. The predicted octanol–water partition coefficient (Wildman–Crippen LogP) is 16.4. The summed E-state index contributed by atoms with van der Waals surface area (Å²) in [5, 5.41) is 14.1. The molecule has 0 aliphatic carbocycles. The minimum absolute atomic E-state index is 0.629. The van der Waals surface area contributed by atoms with E-state index in [-0.39, 0.29) is 0 Å².